The number of thiophene rings is 1. The van der Waals surface area contributed by atoms with Crippen LogP contribution in [0.2, 0.25) is 5.02 Å². The Kier molecular flexibility index (Phi) is 9.11. The number of halogens is 3. The van der Waals surface area contributed by atoms with Crippen LogP contribution in [-0.4, -0.2) is 101 Å². The molecule has 1 unspecified atom stereocenters. The molecular weight excluding hydrogens is 737 g/mol. The van der Waals surface area contributed by atoms with Gasteiger partial charge in [-0.2, -0.15) is 25.6 Å². The minimum Gasteiger partial charge on any atom is -0.461 e. The number of nitrogens with zero attached hydrogens (tertiary/aromatic N) is 10. The number of carbonyl (C=O) groups excluding carboxylic acids is 1. The molecule has 3 atom stereocenters. The Labute approximate surface area is 301 Å². The number of nitrogens with two attached hydrogens (primary N) is 1. The van der Waals surface area contributed by atoms with E-state index in [1.54, 1.807) is 18.8 Å². The lowest BCUT2D eigenvalue weighted by Crippen LogP contribution is -2.43. The molecule has 0 radical (unpaired) electrons. The SMILES string of the molecule is CN(C)C(=O)c1nn2c(c1Cl)CN(c1nc(OC[C@@]34CCCN3C[C@H](F)C4)nc(N3CCC(c4c(Br)sc(N)c4C#N)C3)c1C#N)CCC2. The molecule has 0 aliphatic carbocycles. The maximum Gasteiger partial charge on any atom is 0.320 e. The average molecular weight is 773 g/mol. The van der Waals surface area contributed by atoms with Gasteiger partial charge in [0, 0.05) is 64.7 Å². The Morgan fingerprint density at radius 2 is 1.90 bits per heavy atom. The molecule has 0 bridgehead atoms. The number of hydrogen-bond donors (Lipinski definition) is 1. The summed E-state index contributed by atoms with van der Waals surface area (Å²) in [5.41, 5.74) is 8.22. The molecule has 0 aromatic carbocycles. The Morgan fingerprint density at radius 3 is 2.63 bits per heavy atom. The molecule has 4 aliphatic heterocycles. The Balaban J connectivity index is 1.26. The van der Waals surface area contributed by atoms with Gasteiger partial charge in [-0.3, -0.25) is 14.4 Å². The molecule has 258 valence electrons. The van der Waals surface area contributed by atoms with Crippen molar-refractivity contribution in [3.05, 3.63) is 36.9 Å². The van der Waals surface area contributed by atoms with Crippen LogP contribution in [0, 0.1) is 22.7 Å². The molecule has 3 aromatic rings. The van der Waals surface area contributed by atoms with Gasteiger partial charge < -0.3 is 25.2 Å². The molecule has 0 saturated carbocycles. The number of ether oxygens (including phenoxy) is 1. The van der Waals surface area contributed by atoms with Crippen LogP contribution in [0.25, 0.3) is 0 Å². The van der Waals surface area contributed by atoms with E-state index in [2.05, 4.69) is 38.1 Å². The Morgan fingerprint density at radius 1 is 1.14 bits per heavy atom. The number of anilines is 3. The number of aromatic nitrogens is 4. The van der Waals surface area contributed by atoms with Crippen molar-refractivity contribution in [2.24, 2.45) is 0 Å². The van der Waals surface area contributed by atoms with Gasteiger partial charge in [0.05, 0.1) is 32.2 Å². The zero-order valence-corrected chi connectivity index (χ0v) is 30.4. The summed E-state index contributed by atoms with van der Waals surface area (Å²) in [5.74, 6) is 0.522. The van der Waals surface area contributed by atoms with Gasteiger partial charge in [-0.05, 0) is 48.2 Å². The Bertz CT molecular complexity index is 1890. The fourth-order valence-corrected chi connectivity index (χ4v) is 9.95. The first-order valence-corrected chi connectivity index (χ1v) is 18.3. The van der Waals surface area contributed by atoms with Crippen molar-refractivity contribution in [1.29, 1.82) is 10.5 Å². The molecular formula is C32H36BrClFN11O2S. The van der Waals surface area contributed by atoms with E-state index in [0.717, 1.165) is 35.2 Å². The summed E-state index contributed by atoms with van der Waals surface area (Å²) in [7, 11) is 3.30. The molecule has 13 nitrogen and oxygen atoms in total. The molecule has 4 aliphatic rings. The van der Waals surface area contributed by atoms with Crippen molar-refractivity contribution in [3.63, 3.8) is 0 Å². The van der Waals surface area contributed by atoms with E-state index in [1.165, 1.54) is 16.2 Å². The zero-order valence-electron chi connectivity index (χ0n) is 27.3. The Hall–Kier alpha value is -3.70. The van der Waals surface area contributed by atoms with Crippen LogP contribution in [0.15, 0.2) is 3.79 Å². The lowest BCUT2D eigenvalue weighted by atomic mass is 9.95. The largest absolute Gasteiger partial charge is 0.461 e. The molecule has 3 fully saturated rings. The number of hydrogen-bond acceptors (Lipinski definition) is 12. The average Bonchev–Trinajstić information content (AvgIpc) is 3.86. The smallest absolute Gasteiger partial charge is 0.320 e. The number of amides is 1. The molecule has 2 N–H and O–H groups in total. The highest BCUT2D eigenvalue weighted by Gasteiger charge is 2.49. The molecule has 3 aromatic heterocycles. The van der Waals surface area contributed by atoms with Gasteiger partial charge in [-0.1, -0.05) is 11.6 Å². The second kappa shape index (κ2) is 13.2. The number of alkyl halides is 1. The van der Waals surface area contributed by atoms with Crippen molar-refractivity contribution in [1.82, 2.24) is 29.5 Å². The molecule has 7 heterocycles. The minimum absolute atomic E-state index is 0.0168. The first-order valence-electron chi connectivity index (χ1n) is 16.3. The highest BCUT2D eigenvalue weighted by Crippen LogP contribution is 2.45. The van der Waals surface area contributed by atoms with E-state index in [0.29, 0.717) is 73.5 Å². The second-order valence-corrected chi connectivity index (χ2v) is 16.1. The summed E-state index contributed by atoms with van der Waals surface area (Å²) < 4.78 is 23.6. The van der Waals surface area contributed by atoms with Crippen molar-refractivity contribution in [2.45, 2.75) is 62.8 Å². The predicted octanol–water partition coefficient (Wildman–Crippen LogP) is 4.54. The van der Waals surface area contributed by atoms with Crippen molar-refractivity contribution < 1.29 is 13.9 Å². The van der Waals surface area contributed by atoms with Crippen LogP contribution < -0.4 is 20.3 Å². The van der Waals surface area contributed by atoms with E-state index < -0.39 is 11.7 Å². The van der Waals surface area contributed by atoms with Crippen LogP contribution in [-0.2, 0) is 13.1 Å². The van der Waals surface area contributed by atoms with E-state index >= 15 is 0 Å². The minimum atomic E-state index is -0.904. The van der Waals surface area contributed by atoms with Crippen molar-refractivity contribution in [3.8, 4) is 18.1 Å². The summed E-state index contributed by atoms with van der Waals surface area (Å²) in [6.07, 6.45) is 2.69. The highest BCUT2D eigenvalue weighted by atomic mass is 79.9. The van der Waals surface area contributed by atoms with Gasteiger partial charge in [-0.25, -0.2) is 4.39 Å². The van der Waals surface area contributed by atoms with Crippen molar-refractivity contribution in [2.75, 3.05) is 69.0 Å². The summed E-state index contributed by atoms with van der Waals surface area (Å²) in [5, 5.41) is 25.8. The van der Waals surface area contributed by atoms with Gasteiger partial charge in [0.25, 0.3) is 5.91 Å². The number of fused-ring (bicyclic) bond motifs is 2. The van der Waals surface area contributed by atoms with Crippen LogP contribution in [0.3, 0.4) is 0 Å². The number of rotatable bonds is 7. The van der Waals surface area contributed by atoms with Gasteiger partial charge >= 0.3 is 6.01 Å². The van der Waals surface area contributed by atoms with Crippen LogP contribution >= 0.6 is 38.9 Å². The molecule has 17 heteroatoms. The van der Waals surface area contributed by atoms with Crippen LogP contribution in [0.4, 0.5) is 21.0 Å². The summed E-state index contributed by atoms with van der Waals surface area (Å²) in [6.45, 7) is 3.88. The number of aryl methyl sites for hydroxylation is 1. The number of nitrogen functional groups attached to an aromatic ring is 1. The third-order valence-electron chi connectivity index (χ3n) is 10.2. The first kappa shape index (κ1) is 33.8. The molecule has 3 saturated heterocycles. The molecule has 49 heavy (non-hydrogen) atoms. The molecule has 1 amide bonds. The second-order valence-electron chi connectivity index (χ2n) is 13.4. The highest BCUT2D eigenvalue weighted by molar-refractivity contribution is 9.11. The van der Waals surface area contributed by atoms with E-state index in [9.17, 15) is 19.7 Å². The molecule has 7 rings (SSSR count). The third-order valence-corrected chi connectivity index (χ3v) is 12.3. The van der Waals surface area contributed by atoms with E-state index in [-0.39, 0.29) is 47.3 Å². The van der Waals surface area contributed by atoms with E-state index in [4.69, 9.17) is 32.0 Å². The third kappa shape index (κ3) is 5.96. The first-order chi connectivity index (χ1) is 23.5. The van der Waals surface area contributed by atoms with Crippen LogP contribution in [0.1, 0.15) is 70.9 Å². The lowest BCUT2D eigenvalue weighted by Gasteiger charge is -2.31. The lowest BCUT2D eigenvalue weighted by molar-refractivity contribution is 0.0821. The van der Waals surface area contributed by atoms with Gasteiger partial charge in [0.1, 0.15) is 35.5 Å². The number of nitriles is 2. The zero-order chi connectivity index (χ0) is 34.6. The van der Waals surface area contributed by atoms with Crippen LogP contribution in [0.5, 0.6) is 6.01 Å². The summed E-state index contributed by atoms with van der Waals surface area (Å²) in [6, 6.07) is 4.75. The topological polar surface area (TPSA) is 156 Å². The fourth-order valence-electron chi connectivity index (χ4n) is 7.80. The maximum absolute atomic E-state index is 14.6. The standard InChI is InChI=1S/C32H36BrClFN11O2S/c1-42(2)30(47)25-24(34)22-16-43(7-4-9-46(22)41-25)28-21(13-37)29(44-10-5-18(14-44)23-20(12-36)27(38)49-26(23)33)40-31(39-28)48-17-32-6-3-8-45(32)15-19(35)11-32/h18-19H,3-11,14-17,38H2,1-2H3/t18?,19-,32+/m1/s1. The maximum atomic E-state index is 14.6. The predicted molar refractivity (Wildman–Crippen MR) is 187 cm³/mol. The quantitative estimate of drug-likeness (QED) is 0.360. The van der Waals surface area contributed by atoms with Gasteiger partial charge in [-0.15, -0.1) is 11.3 Å². The van der Waals surface area contributed by atoms with E-state index in [1.807, 2.05) is 9.80 Å². The normalized spacial score (nSPS) is 23.6. The van der Waals surface area contributed by atoms with Gasteiger partial charge in [0.15, 0.2) is 17.3 Å². The van der Waals surface area contributed by atoms with Crippen molar-refractivity contribution >= 4 is 61.4 Å². The molecule has 0 spiro atoms. The monoisotopic (exact) mass is 771 g/mol. The summed E-state index contributed by atoms with van der Waals surface area (Å²) >= 11 is 11.7. The number of carbonyl (C=O) groups is 1. The van der Waals surface area contributed by atoms with Gasteiger partial charge in [0.2, 0.25) is 0 Å². The fraction of sp³-hybridized carbons (Fsp3) is 0.562. The summed E-state index contributed by atoms with van der Waals surface area (Å²) in [4.78, 5) is 30.1.